The van der Waals surface area contributed by atoms with Crippen molar-refractivity contribution < 1.29 is 4.79 Å². The molecule has 0 aromatic rings. The van der Waals surface area contributed by atoms with Gasteiger partial charge in [-0.1, -0.05) is 25.7 Å². The summed E-state index contributed by atoms with van der Waals surface area (Å²) >= 11 is 0. The summed E-state index contributed by atoms with van der Waals surface area (Å²) in [6.07, 6.45) is 8.12. The van der Waals surface area contributed by atoms with Crippen LogP contribution in [0.1, 0.15) is 66.2 Å². The van der Waals surface area contributed by atoms with E-state index in [0.717, 1.165) is 19.0 Å². The summed E-state index contributed by atoms with van der Waals surface area (Å²) in [5.74, 6) is 0.986. The predicted octanol–water partition coefficient (Wildman–Crippen LogP) is 3.19. The van der Waals surface area contributed by atoms with Gasteiger partial charge in [-0.2, -0.15) is 0 Å². The monoisotopic (exact) mass is 268 g/mol. The van der Waals surface area contributed by atoms with Crippen molar-refractivity contribution in [2.75, 3.05) is 13.1 Å². The van der Waals surface area contributed by atoms with Crippen LogP contribution in [0.4, 0.5) is 0 Å². The van der Waals surface area contributed by atoms with Gasteiger partial charge in [0.05, 0.1) is 6.04 Å². The molecule has 0 spiro atoms. The molecule has 1 fully saturated rings. The minimum Gasteiger partial charge on any atom is -0.342 e. The Balaban J connectivity index is 2.45. The van der Waals surface area contributed by atoms with Crippen molar-refractivity contribution in [3.05, 3.63) is 0 Å². The molecule has 0 aromatic carbocycles. The maximum atomic E-state index is 12.3. The fourth-order valence-electron chi connectivity index (χ4n) is 3.22. The standard InChI is InChI=1S/C16H32N2O/c1-5-18(6-2)16(19)14(4)17-13(3)15-11-9-7-8-10-12-15/h13-15,17H,5-12H2,1-4H3/t13-,14?/m1/s1. The Kier molecular flexibility index (Phi) is 7.44. The Labute approximate surface area is 119 Å². The highest BCUT2D eigenvalue weighted by atomic mass is 16.2. The van der Waals surface area contributed by atoms with E-state index in [0.29, 0.717) is 6.04 Å². The van der Waals surface area contributed by atoms with Gasteiger partial charge in [-0.25, -0.2) is 0 Å². The van der Waals surface area contributed by atoms with Gasteiger partial charge in [0.1, 0.15) is 0 Å². The maximum absolute atomic E-state index is 12.3. The molecule has 1 aliphatic rings. The number of hydrogen-bond donors (Lipinski definition) is 1. The number of hydrogen-bond acceptors (Lipinski definition) is 2. The smallest absolute Gasteiger partial charge is 0.239 e. The summed E-state index contributed by atoms with van der Waals surface area (Å²) in [5, 5.41) is 3.54. The van der Waals surface area contributed by atoms with Crippen LogP contribution in [0.3, 0.4) is 0 Å². The number of carbonyl (C=O) groups excluding carboxylic acids is 1. The molecule has 0 aliphatic heterocycles. The molecule has 1 aliphatic carbocycles. The summed E-state index contributed by atoms with van der Waals surface area (Å²) in [4.78, 5) is 14.2. The normalized spacial score (nSPS) is 20.6. The highest BCUT2D eigenvalue weighted by molar-refractivity contribution is 5.81. The number of nitrogens with one attached hydrogen (secondary N) is 1. The summed E-state index contributed by atoms with van der Waals surface area (Å²) in [7, 11) is 0. The van der Waals surface area contributed by atoms with E-state index in [1.807, 2.05) is 25.7 Å². The number of carbonyl (C=O) groups is 1. The van der Waals surface area contributed by atoms with E-state index in [1.54, 1.807) is 0 Å². The van der Waals surface area contributed by atoms with Crippen LogP contribution in [0.15, 0.2) is 0 Å². The third kappa shape index (κ3) is 5.13. The molecular weight excluding hydrogens is 236 g/mol. The molecule has 3 nitrogen and oxygen atoms in total. The van der Waals surface area contributed by atoms with E-state index in [-0.39, 0.29) is 11.9 Å². The lowest BCUT2D eigenvalue weighted by Gasteiger charge is -2.29. The van der Waals surface area contributed by atoms with E-state index >= 15 is 0 Å². The van der Waals surface area contributed by atoms with E-state index in [2.05, 4.69) is 12.2 Å². The van der Waals surface area contributed by atoms with Crippen molar-refractivity contribution in [1.29, 1.82) is 0 Å². The van der Waals surface area contributed by atoms with Gasteiger partial charge in [0, 0.05) is 19.1 Å². The molecule has 1 amide bonds. The topological polar surface area (TPSA) is 32.3 Å². The first-order valence-electron chi connectivity index (χ1n) is 8.14. The molecule has 1 saturated carbocycles. The minimum atomic E-state index is -0.0573. The van der Waals surface area contributed by atoms with Crippen LogP contribution in [0, 0.1) is 5.92 Å². The molecule has 0 heterocycles. The van der Waals surface area contributed by atoms with Crippen LogP contribution in [0.25, 0.3) is 0 Å². The zero-order valence-electron chi connectivity index (χ0n) is 13.2. The number of likely N-dealkylation sites (N-methyl/N-ethyl adjacent to an activating group) is 1. The summed E-state index contributed by atoms with van der Waals surface area (Å²) < 4.78 is 0. The Morgan fingerprint density at radius 1 is 1.11 bits per heavy atom. The Morgan fingerprint density at radius 2 is 1.63 bits per heavy atom. The summed E-state index contributed by atoms with van der Waals surface area (Å²) in [6.45, 7) is 9.96. The van der Waals surface area contributed by atoms with Crippen molar-refractivity contribution in [1.82, 2.24) is 10.2 Å². The SMILES string of the molecule is CCN(CC)C(=O)C(C)N[C@H](C)C1CCCCCC1. The second-order valence-corrected chi connectivity index (χ2v) is 5.94. The van der Waals surface area contributed by atoms with Crippen LogP contribution in [-0.2, 0) is 4.79 Å². The molecule has 112 valence electrons. The predicted molar refractivity (Wildman–Crippen MR) is 81.2 cm³/mol. The number of amides is 1. The lowest BCUT2D eigenvalue weighted by molar-refractivity contribution is -0.132. The molecule has 2 atom stereocenters. The third-order valence-electron chi connectivity index (χ3n) is 4.57. The maximum Gasteiger partial charge on any atom is 0.239 e. The van der Waals surface area contributed by atoms with E-state index in [1.165, 1.54) is 38.5 Å². The van der Waals surface area contributed by atoms with Gasteiger partial charge in [0.2, 0.25) is 5.91 Å². The number of rotatable bonds is 6. The van der Waals surface area contributed by atoms with Gasteiger partial charge in [-0.3, -0.25) is 4.79 Å². The molecule has 1 unspecified atom stereocenters. The van der Waals surface area contributed by atoms with Gasteiger partial charge >= 0.3 is 0 Å². The Morgan fingerprint density at radius 3 is 2.11 bits per heavy atom. The van der Waals surface area contributed by atoms with Gasteiger partial charge in [-0.05, 0) is 46.5 Å². The molecule has 3 heteroatoms. The first-order valence-corrected chi connectivity index (χ1v) is 8.14. The molecule has 0 aromatic heterocycles. The van der Waals surface area contributed by atoms with Crippen molar-refractivity contribution in [3.8, 4) is 0 Å². The van der Waals surface area contributed by atoms with Crippen LogP contribution >= 0.6 is 0 Å². The lowest BCUT2D eigenvalue weighted by atomic mass is 9.92. The molecular formula is C16H32N2O. The minimum absolute atomic E-state index is 0.0573. The van der Waals surface area contributed by atoms with Crippen LogP contribution in [-0.4, -0.2) is 36.0 Å². The van der Waals surface area contributed by atoms with Gasteiger partial charge in [-0.15, -0.1) is 0 Å². The van der Waals surface area contributed by atoms with E-state index in [4.69, 9.17) is 0 Å². The molecule has 1 rings (SSSR count). The molecule has 0 bridgehead atoms. The largest absolute Gasteiger partial charge is 0.342 e. The average Bonchev–Trinajstić information content (AvgIpc) is 2.68. The summed E-state index contributed by atoms with van der Waals surface area (Å²) in [6, 6.07) is 0.394. The van der Waals surface area contributed by atoms with Crippen LogP contribution in [0.2, 0.25) is 0 Å². The molecule has 19 heavy (non-hydrogen) atoms. The zero-order chi connectivity index (χ0) is 14.3. The fraction of sp³-hybridized carbons (Fsp3) is 0.938. The van der Waals surface area contributed by atoms with Crippen LogP contribution in [0.5, 0.6) is 0 Å². The van der Waals surface area contributed by atoms with Crippen LogP contribution < -0.4 is 5.32 Å². The fourth-order valence-corrected chi connectivity index (χ4v) is 3.22. The van der Waals surface area contributed by atoms with Gasteiger partial charge in [0.15, 0.2) is 0 Å². The van der Waals surface area contributed by atoms with E-state index in [9.17, 15) is 4.79 Å². The third-order valence-corrected chi connectivity index (χ3v) is 4.57. The van der Waals surface area contributed by atoms with Crippen molar-refractivity contribution in [2.24, 2.45) is 5.92 Å². The lowest BCUT2D eigenvalue weighted by Crippen LogP contribution is -2.49. The van der Waals surface area contributed by atoms with Gasteiger partial charge < -0.3 is 10.2 Å². The second-order valence-electron chi connectivity index (χ2n) is 5.94. The number of nitrogens with zero attached hydrogens (tertiary/aromatic N) is 1. The first kappa shape index (κ1) is 16.5. The van der Waals surface area contributed by atoms with Crippen molar-refractivity contribution in [2.45, 2.75) is 78.3 Å². The summed E-state index contributed by atoms with van der Waals surface area (Å²) in [5.41, 5.74) is 0. The highest BCUT2D eigenvalue weighted by Gasteiger charge is 2.24. The molecule has 1 N–H and O–H groups in total. The Hall–Kier alpha value is -0.570. The molecule has 0 radical (unpaired) electrons. The quantitative estimate of drug-likeness (QED) is 0.750. The Bertz CT molecular complexity index is 255. The van der Waals surface area contributed by atoms with Crippen molar-refractivity contribution in [3.63, 3.8) is 0 Å². The van der Waals surface area contributed by atoms with E-state index < -0.39 is 0 Å². The molecule has 0 saturated heterocycles. The average molecular weight is 268 g/mol. The van der Waals surface area contributed by atoms with Crippen molar-refractivity contribution >= 4 is 5.91 Å². The highest BCUT2D eigenvalue weighted by Crippen LogP contribution is 2.25. The van der Waals surface area contributed by atoms with Gasteiger partial charge in [0.25, 0.3) is 0 Å². The zero-order valence-corrected chi connectivity index (χ0v) is 13.2. The first-order chi connectivity index (χ1) is 9.10. The second kappa shape index (κ2) is 8.57.